The smallest absolute Gasteiger partial charge is 0.325 e. The monoisotopic (exact) mass is 402 g/mol. The fourth-order valence-corrected chi connectivity index (χ4v) is 2.22. The highest BCUT2D eigenvalue weighted by Gasteiger charge is 2.23. The van der Waals surface area contributed by atoms with Gasteiger partial charge in [0.15, 0.2) is 6.61 Å². The lowest BCUT2D eigenvalue weighted by Gasteiger charge is -2.07. The van der Waals surface area contributed by atoms with Crippen molar-refractivity contribution in [2.24, 2.45) is 0 Å². The SMILES string of the molecule is O=C(COC(=O)CNC(=O)c1ccccc1I)NC1CC1. The van der Waals surface area contributed by atoms with Crippen LogP contribution in [0, 0.1) is 3.57 Å². The van der Waals surface area contributed by atoms with Crippen LogP contribution in [-0.2, 0) is 14.3 Å². The van der Waals surface area contributed by atoms with E-state index in [1.165, 1.54) is 0 Å². The molecule has 2 amide bonds. The van der Waals surface area contributed by atoms with E-state index in [0.29, 0.717) is 5.56 Å². The molecule has 0 atom stereocenters. The first-order valence-corrected chi connectivity index (χ1v) is 7.62. The Kier molecular flexibility index (Phi) is 5.54. The molecule has 1 aromatic carbocycles. The molecule has 112 valence electrons. The van der Waals surface area contributed by atoms with Crippen LogP contribution in [-0.4, -0.2) is 37.0 Å². The standard InChI is InChI=1S/C14H15IN2O4/c15-11-4-2-1-3-10(11)14(20)16-7-13(19)21-8-12(18)17-9-5-6-9/h1-4,9H,5-8H2,(H,16,20)(H,17,18). The molecule has 1 aromatic rings. The van der Waals surface area contributed by atoms with Gasteiger partial charge >= 0.3 is 5.97 Å². The fraction of sp³-hybridized carbons (Fsp3) is 0.357. The van der Waals surface area contributed by atoms with E-state index in [4.69, 9.17) is 4.74 Å². The van der Waals surface area contributed by atoms with E-state index in [2.05, 4.69) is 10.6 Å². The zero-order chi connectivity index (χ0) is 15.2. The summed E-state index contributed by atoms with van der Waals surface area (Å²) in [6.45, 7) is -0.575. The molecule has 1 fully saturated rings. The molecular weight excluding hydrogens is 387 g/mol. The number of rotatable bonds is 6. The minimum absolute atomic E-state index is 0.232. The number of benzene rings is 1. The third-order valence-electron chi connectivity index (χ3n) is 2.82. The average Bonchev–Trinajstić information content (AvgIpc) is 3.27. The van der Waals surface area contributed by atoms with Crippen molar-refractivity contribution in [3.8, 4) is 0 Å². The van der Waals surface area contributed by atoms with Crippen LogP contribution in [0.1, 0.15) is 23.2 Å². The van der Waals surface area contributed by atoms with Crippen molar-refractivity contribution < 1.29 is 19.1 Å². The van der Waals surface area contributed by atoms with Gasteiger partial charge in [-0.2, -0.15) is 0 Å². The number of esters is 1. The molecule has 2 rings (SSSR count). The van der Waals surface area contributed by atoms with Crippen molar-refractivity contribution >= 4 is 40.4 Å². The summed E-state index contributed by atoms with van der Waals surface area (Å²) in [5.41, 5.74) is 0.498. The largest absolute Gasteiger partial charge is 0.454 e. The van der Waals surface area contributed by atoms with Gasteiger partial charge in [-0.25, -0.2) is 0 Å². The van der Waals surface area contributed by atoms with Crippen LogP contribution < -0.4 is 10.6 Å². The summed E-state index contributed by atoms with van der Waals surface area (Å²) in [5, 5.41) is 5.17. The molecule has 0 heterocycles. The van der Waals surface area contributed by atoms with E-state index in [-0.39, 0.29) is 31.0 Å². The van der Waals surface area contributed by atoms with Crippen LogP contribution in [0.4, 0.5) is 0 Å². The third kappa shape index (κ3) is 5.33. The maximum Gasteiger partial charge on any atom is 0.325 e. The van der Waals surface area contributed by atoms with Crippen molar-refractivity contribution in [1.82, 2.24) is 10.6 Å². The minimum Gasteiger partial charge on any atom is -0.454 e. The Labute approximate surface area is 135 Å². The second-order valence-corrected chi connectivity index (χ2v) is 5.83. The molecule has 21 heavy (non-hydrogen) atoms. The van der Waals surface area contributed by atoms with Gasteiger partial charge < -0.3 is 15.4 Å². The van der Waals surface area contributed by atoms with E-state index in [1.54, 1.807) is 18.2 Å². The number of carbonyl (C=O) groups is 3. The zero-order valence-corrected chi connectivity index (χ0v) is 13.4. The second kappa shape index (κ2) is 7.39. The molecule has 0 aromatic heterocycles. The van der Waals surface area contributed by atoms with Gasteiger partial charge in [0, 0.05) is 9.61 Å². The first-order chi connectivity index (χ1) is 10.1. The number of hydrogen-bond donors (Lipinski definition) is 2. The molecule has 0 radical (unpaired) electrons. The normalized spacial score (nSPS) is 13.4. The quantitative estimate of drug-likeness (QED) is 0.546. The molecule has 1 saturated carbocycles. The van der Waals surface area contributed by atoms with Crippen LogP contribution in [0.3, 0.4) is 0 Å². The van der Waals surface area contributed by atoms with Gasteiger partial charge in [-0.3, -0.25) is 14.4 Å². The van der Waals surface area contributed by atoms with Crippen molar-refractivity contribution in [3.63, 3.8) is 0 Å². The summed E-state index contributed by atoms with van der Waals surface area (Å²) in [6, 6.07) is 7.28. The molecule has 0 bridgehead atoms. The lowest BCUT2D eigenvalue weighted by Crippen LogP contribution is -2.34. The number of ether oxygens (including phenoxy) is 1. The lowest BCUT2D eigenvalue weighted by atomic mass is 10.2. The van der Waals surface area contributed by atoms with Crippen LogP contribution in [0.25, 0.3) is 0 Å². The lowest BCUT2D eigenvalue weighted by molar-refractivity contribution is -0.147. The van der Waals surface area contributed by atoms with Crippen LogP contribution in [0.2, 0.25) is 0 Å². The molecule has 0 aliphatic heterocycles. The minimum atomic E-state index is -0.639. The van der Waals surface area contributed by atoms with E-state index < -0.39 is 5.97 Å². The second-order valence-electron chi connectivity index (χ2n) is 4.66. The average molecular weight is 402 g/mol. The molecule has 1 aliphatic carbocycles. The summed E-state index contributed by atoms with van der Waals surface area (Å²) in [7, 11) is 0. The molecule has 1 aliphatic rings. The maximum atomic E-state index is 11.9. The van der Waals surface area contributed by atoms with Crippen LogP contribution in [0.15, 0.2) is 24.3 Å². The highest BCUT2D eigenvalue weighted by atomic mass is 127. The molecule has 6 nitrogen and oxygen atoms in total. The van der Waals surface area contributed by atoms with Crippen molar-refractivity contribution in [2.75, 3.05) is 13.2 Å². The van der Waals surface area contributed by atoms with Gasteiger partial charge in [0.05, 0.1) is 5.56 Å². The van der Waals surface area contributed by atoms with Gasteiger partial charge in [-0.15, -0.1) is 0 Å². The highest BCUT2D eigenvalue weighted by molar-refractivity contribution is 14.1. The van der Waals surface area contributed by atoms with Gasteiger partial charge in [-0.05, 0) is 47.6 Å². The van der Waals surface area contributed by atoms with Crippen LogP contribution in [0.5, 0.6) is 0 Å². The summed E-state index contributed by atoms with van der Waals surface area (Å²) < 4.78 is 5.58. The summed E-state index contributed by atoms with van der Waals surface area (Å²) in [5.74, 6) is -1.30. The first-order valence-electron chi connectivity index (χ1n) is 6.54. The zero-order valence-electron chi connectivity index (χ0n) is 11.2. The number of halogens is 1. The predicted molar refractivity (Wildman–Crippen MR) is 83.6 cm³/mol. The Morgan fingerprint density at radius 1 is 1.24 bits per heavy atom. The Morgan fingerprint density at radius 3 is 2.62 bits per heavy atom. The Hall–Kier alpha value is -1.64. The van der Waals surface area contributed by atoms with Crippen molar-refractivity contribution in [2.45, 2.75) is 18.9 Å². The number of carbonyl (C=O) groups excluding carboxylic acids is 3. The number of amides is 2. The van der Waals surface area contributed by atoms with Crippen molar-refractivity contribution in [1.29, 1.82) is 0 Å². The molecule has 0 saturated heterocycles. The van der Waals surface area contributed by atoms with Crippen LogP contribution >= 0.6 is 22.6 Å². The Bertz CT molecular complexity index is 558. The maximum absolute atomic E-state index is 11.9. The van der Waals surface area contributed by atoms with Crippen molar-refractivity contribution in [3.05, 3.63) is 33.4 Å². The van der Waals surface area contributed by atoms with E-state index in [0.717, 1.165) is 16.4 Å². The van der Waals surface area contributed by atoms with Gasteiger partial charge in [-0.1, -0.05) is 12.1 Å². The number of hydrogen-bond acceptors (Lipinski definition) is 4. The summed E-state index contributed by atoms with van der Waals surface area (Å²) in [4.78, 5) is 34.6. The number of nitrogens with one attached hydrogen (secondary N) is 2. The summed E-state index contributed by atoms with van der Waals surface area (Å²) >= 11 is 2.04. The van der Waals surface area contributed by atoms with Gasteiger partial charge in [0.1, 0.15) is 6.54 Å². The molecule has 0 unspecified atom stereocenters. The Morgan fingerprint density at radius 2 is 1.95 bits per heavy atom. The highest BCUT2D eigenvalue weighted by Crippen LogP contribution is 2.18. The van der Waals surface area contributed by atoms with Gasteiger partial charge in [0.2, 0.25) is 0 Å². The topological polar surface area (TPSA) is 84.5 Å². The summed E-state index contributed by atoms with van der Waals surface area (Å²) in [6.07, 6.45) is 1.96. The molecular formula is C14H15IN2O4. The Balaban J connectivity index is 1.69. The fourth-order valence-electron chi connectivity index (χ4n) is 1.59. The van der Waals surface area contributed by atoms with Gasteiger partial charge in [0.25, 0.3) is 11.8 Å². The molecule has 2 N–H and O–H groups in total. The van der Waals surface area contributed by atoms with E-state index in [9.17, 15) is 14.4 Å². The predicted octanol–water partition coefficient (Wildman–Crippen LogP) is 0.843. The first kappa shape index (κ1) is 15.7. The van der Waals surface area contributed by atoms with E-state index >= 15 is 0 Å². The molecule has 7 heteroatoms. The van der Waals surface area contributed by atoms with E-state index in [1.807, 2.05) is 28.7 Å². The molecule has 0 spiro atoms. The third-order valence-corrected chi connectivity index (χ3v) is 3.76.